The average molecular weight is 309 g/mol. The van der Waals surface area contributed by atoms with Crippen LogP contribution in [0.4, 0.5) is 0 Å². The first-order chi connectivity index (χ1) is 10.9. The van der Waals surface area contributed by atoms with Gasteiger partial charge in [0.1, 0.15) is 0 Å². The molecule has 0 aromatic rings. The Bertz CT molecular complexity index is 204. The van der Waals surface area contributed by atoms with Crippen molar-refractivity contribution < 1.29 is 0 Å². The maximum Gasteiger partial charge on any atom is -0.0414 e. The molecule has 22 heavy (non-hydrogen) atoms. The summed E-state index contributed by atoms with van der Waals surface area (Å²) in [7, 11) is 0. The molecule has 0 bridgehead atoms. The summed E-state index contributed by atoms with van der Waals surface area (Å²) in [6.45, 7) is 2.30. The molecule has 1 aliphatic rings. The number of unbranched alkanes of at least 4 members (excludes halogenated alkanes) is 16. The molecule has 132 valence electrons. The molecule has 0 aliphatic heterocycles. The largest absolute Gasteiger partial charge is 0.0654 e. The summed E-state index contributed by atoms with van der Waals surface area (Å²) in [5.41, 5.74) is 0. The third-order valence-corrected chi connectivity index (χ3v) is 5.41. The van der Waals surface area contributed by atoms with Gasteiger partial charge in [0.05, 0.1) is 0 Å². The van der Waals surface area contributed by atoms with E-state index >= 15 is 0 Å². The molecule has 1 saturated carbocycles. The summed E-state index contributed by atoms with van der Waals surface area (Å²) >= 11 is 0. The highest BCUT2D eigenvalue weighted by atomic mass is 14.3. The van der Waals surface area contributed by atoms with Crippen LogP contribution in [0, 0.1) is 5.92 Å². The fraction of sp³-hybridized carbons (Fsp3) is 1.00. The molecule has 0 radical (unpaired) electrons. The second-order valence-electron chi connectivity index (χ2n) is 7.89. The normalized spacial score (nSPS) is 14.6. The Hall–Kier alpha value is 0. The van der Waals surface area contributed by atoms with E-state index in [1.165, 1.54) is 109 Å². The first-order valence-electron chi connectivity index (χ1n) is 10.9. The van der Waals surface area contributed by atoms with Gasteiger partial charge in [0.25, 0.3) is 0 Å². The van der Waals surface area contributed by atoms with Gasteiger partial charge in [-0.15, -0.1) is 0 Å². The maximum atomic E-state index is 2.30. The fourth-order valence-electron chi connectivity index (χ4n) is 3.56. The molecular weight excluding hydrogens is 264 g/mol. The van der Waals surface area contributed by atoms with E-state index < -0.39 is 0 Å². The zero-order valence-electron chi connectivity index (χ0n) is 15.7. The van der Waals surface area contributed by atoms with Crippen LogP contribution in [-0.4, -0.2) is 0 Å². The van der Waals surface area contributed by atoms with Crippen LogP contribution >= 0.6 is 0 Å². The number of hydrogen-bond donors (Lipinski definition) is 0. The van der Waals surface area contributed by atoms with Crippen LogP contribution in [0.15, 0.2) is 0 Å². The Morgan fingerprint density at radius 1 is 0.455 bits per heavy atom. The average Bonchev–Trinajstić information content (AvgIpc) is 3.34. The van der Waals surface area contributed by atoms with Crippen molar-refractivity contribution in [3.8, 4) is 0 Å². The van der Waals surface area contributed by atoms with Crippen LogP contribution in [0.1, 0.15) is 135 Å². The fourth-order valence-corrected chi connectivity index (χ4v) is 3.56. The predicted molar refractivity (Wildman–Crippen MR) is 102 cm³/mol. The van der Waals surface area contributed by atoms with Crippen LogP contribution in [0.25, 0.3) is 0 Å². The Kier molecular flexibility index (Phi) is 14.5. The minimum atomic E-state index is 1.15. The van der Waals surface area contributed by atoms with Gasteiger partial charge in [0, 0.05) is 0 Å². The van der Waals surface area contributed by atoms with E-state index in [9.17, 15) is 0 Å². The van der Waals surface area contributed by atoms with Gasteiger partial charge in [-0.2, -0.15) is 0 Å². The van der Waals surface area contributed by atoms with Crippen LogP contribution in [-0.2, 0) is 0 Å². The minimum Gasteiger partial charge on any atom is -0.0654 e. The van der Waals surface area contributed by atoms with E-state index in [2.05, 4.69) is 6.92 Å². The van der Waals surface area contributed by atoms with E-state index in [-0.39, 0.29) is 0 Å². The standard InChI is InChI=1S/C22H44/c1-2-3-4-5-6-7-8-9-10-11-12-13-14-15-16-17-18-19-22-20-21-22/h22H,2-21H2,1H3. The second kappa shape index (κ2) is 15.9. The molecule has 0 nitrogen and oxygen atoms in total. The SMILES string of the molecule is CCCCCCCCCCCCCCCCCCCC1CC1. The molecule has 0 unspecified atom stereocenters. The molecule has 1 aliphatic carbocycles. The van der Waals surface area contributed by atoms with E-state index in [1.807, 2.05) is 0 Å². The Labute approximate surface area is 141 Å². The van der Waals surface area contributed by atoms with Crippen molar-refractivity contribution in [2.75, 3.05) is 0 Å². The van der Waals surface area contributed by atoms with Crippen molar-refractivity contribution in [1.82, 2.24) is 0 Å². The number of rotatable bonds is 18. The lowest BCUT2D eigenvalue weighted by atomic mass is 10.0. The third kappa shape index (κ3) is 14.9. The quantitative estimate of drug-likeness (QED) is 0.223. The highest BCUT2D eigenvalue weighted by Crippen LogP contribution is 2.34. The predicted octanol–water partition coefficient (Wildman–Crippen LogP) is 8.44. The highest BCUT2D eigenvalue weighted by molar-refractivity contribution is 4.72. The van der Waals surface area contributed by atoms with Crippen LogP contribution < -0.4 is 0 Å². The van der Waals surface area contributed by atoms with Gasteiger partial charge < -0.3 is 0 Å². The molecule has 0 heterocycles. The third-order valence-electron chi connectivity index (χ3n) is 5.41. The van der Waals surface area contributed by atoms with Crippen molar-refractivity contribution in [2.45, 2.75) is 135 Å². The molecule has 0 saturated heterocycles. The Morgan fingerprint density at radius 2 is 0.773 bits per heavy atom. The van der Waals surface area contributed by atoms with Crippen molar-refractivity contribution in [1.29, 1.82) is 0 Å². The summed E-state index contributed by atoms with van der Waals surface area (Å²) in [5.74, 6) is 1.15. The van der Waals surface area contributed by atoms with Crippen molar-refractivity contribution in [3.63, 3.8) is 0 Å². The minimum absolute atomic E-state index is 1.15. The van der Waals surface area contributed by atoms with Crippen LogP contribution in [0.2, 0.25) is 0 Å². The maximum absolute atomic E-state index is 2.30. The van der Waals surface area contributed by atoms with Crippen molar-refractivity contribution >= 4 is 0 Å². The molecule has 0 N–H and O–H groups in total. The molecule has 0 aromatic carbocycles. The monoisotopic (exact) mass is 308 g/mol. The van der Waals surface area contributed by atoms with Crippen molar-refractivity contribution in [3.05, 3.63) is 0 Å². The lowest BCUT2D eigenvalue weighted by Gasteiger charge is -2.03. The van der Waals surface area contributed by atoms with Crippen molar-refractivity contribution in [2.24, 2.45) is 5.92 Å². The van der Waals surface area contributed by atoms with Gasteiger partial charge in [0.2, 0.25) is 0 Å². The highest BCUT2D eigenvalue weighted by Gasteiger charge is 2.19. The van der Waals surface area contributed by atoms with Gasteiger partial charge in [-0.1, -0.05) is 135 Å². The zero-order valence-corrected chi connectivity index (χ0v) is 15.7. The van der Waals surface area contributed by atoms with Crippen LogP contribution in [0.5, 0.6) is 0 Å². The molecule has 1 rings (SSSR count). The summed E-state index contributed by atoms with van der Waals surface area (Å²) in [6, 6.07) is 0. The Morgan fingerprint density at radius 3 is 1.09 bits per heavy atom. The zero-order chi connectivity index (χ0) is 15.7. The van der Waals surface area contributed by atoms with Crippen LogP contribution in [0.3, 0.4) is 0 Å². The summed E-state index contributed by atoms with van der Waals surface area (Å²) in [5, 5.41) is 0. The lowest BCUT2D eigenvalue weighted by Crippen LogP contribution is -1.84. The van der Waals surface area contributed by atoms with E-state index in [0.717, 1.165) is 5.92 Å². The lowest BCUT2D eigenvalue weighted by molar-refractivity contribution is 0.522. The van der Waals surface area contributed by atoms with Gasteiger partial charge in [0.15, 0.2) is 0 Å². The first-order valence-corrected chi connectivity index (χ1v) is 10.9. The summed E-state index contributed by atoms with van der Waals surface area (Å²) in [4.78, 5) is 0. The van der Waals surface area contributed by atoms with Gasteiger partial charge in [-0.3, -0.25) is 0 Å². The summed E-state index contributed by atoms with van der Waals surface area (Å²) in [6.07, 6.45) is 29.9. The molecule has 0 amide bonds. The molecule has 0 atom stereocenters. The molecule has 1 fully saturated rings. The summed E-state index contributed by atoms with van der Waals surface area (Å²) < 4.78 is 0. The molecular formula is C22H44. The van der Waals surface area contributed by atoms with Gasteiger partial charge in [-0.25, -0.2) is 0 Å². The van der Waals surface area contributed by atoms with Gasteiger partial charge >= 0.3 is 0 Å². The topological polar surface area (TPSA) is 0 Å². The molecule has 0 heteroatoms. The second-order valence-corrected chi connectivity index (χ2v) is 7.89. The molecule has 0 spiro atoms. The smallest absolute Gasteiger partial charge is 0.0414 e. The number of hydrogen-bond acceptors (Lipinski definition) is 0. The molecule has 0 aromatic heterocycles. The first kappa shape index (κ1) is 20.0. The van der Waals surface area contributed by atoms with E-state index in [4.69, 9.17) is 0 Å². The van der Waals surface area contributed by atoms with E-state index in [1.54, 1.807) is 19.3 Å². The van der Waals surface area contributed by atoms with Gasteiger partial charge in [-0.05, 0) is 5.92 Å². The Balaban J connectivity index is 1.59. The van der Waals surface area contributed by atoms with E-state index in [0.29, 0.717) is 0 Å².